The number of hydrogen-bond acceptors (Lipinski definition) is 5. The normalized spacial score (nSPS) is 15.6. The van der Waals surface area contributed by atoms with Gasteiger partial charge in [0.15, 0.2) is 0 Å². The van der Waals surface area contributed by atoms with E-state index in [1.165, 1.54) is 10.5 Å². The Kier molecular flexibility index (Phi) is 7.09. The van der Waals surface area contributed by atoms with E-state index in [1.54, 1.807) is 17.0 Å². The number of pyridine rings is 1. The topological polar surface area (TPSA) is 73.8 Å². The van der Waals surface area contributed by atoms with Crippen LogP contribution in [-0.2, 0) is 16.2 Å². The molecule has 0 unspecified atom stereocenters. The molecule has 32 heavy (non-hydrogen) atoms. The van der Waals surface area contributed by atoms with E-state index in [-0.39, 0.29) is 37.0 Å². The van der Waals surface area contributed by atoms with E-state index < -0.39 is 21.8 Å². The number of aromatic nitrogens is 1. The molecule has 1 aromatic carbocycles. The summed E-state index contributed by atoms with van der Waals surface area (Å²) in [5.74, 6) is 0.536. The molecular weight excluding hydrogens is 445 g/mol. The number of halogens is 3. The van der Waals surface area contributed by atoms with Crippen LogP contribution >= 0.6 is 0 Å². The third kappa shape index (κ3) is 5.04. The number of benzene rings is 1. The van der Waals surface area contributed by atoms with Gasteiger partial charge in [0, 0.05) is 45.5 Å². The third-order valence-electron chi connectivity index (χ3n) is 5.43. The van der Waals surface area contributed by atoms with Crippen LogP contribution in [0.2, 0.25) is 0 Å². The van der Waals surface area contributed by atoms with Crippen molar-refractivity contribution in [3.8, 4) is 0 Å². The smallest absolute Gasteiger partial charge is 0.357 e. The highest BCUT2D eigenvalue weighted by molar-refractivity contribution is 7.89. The van der Waals surface area contributed by atoms with Crippen LogP contribution in [0.25, 0.3) is 0 Å². The van der Waals surface area contributed by atoms with Gasteiger partial charge in [-0.2, -0.15) is 17.5 Å². The SMILES string of the molecule is CCN(CC)c1ccc(C(=O)N2CCN(S(=O)(=O)c3ccc(C(F)(F)F)cc3)CC2)cn1. The second kappa shape index (κ2) is 9.45. The van der Waals surface area contributed by atoms with Crippen molar-refractivity contribution in [3.63, 3.8) is 0 Å². The summed E-state index contributed by atoms with van der Waals surface area (Å²) in [5.41, 5.74) is -0.493. The Balaban J connectivity index is 1.64. The van der Waals surface area contributed by atoms with Crippen LogP contribution in [0.1, 0.15) is 29.8 Å². The Labute approximate surface area is 185 Å². The average Bonchev–Trinajstić information content (AvgIpc) is 2.79. The predicted molar refractivity (Wildman–Crippen MR) is 114 cm³/mol. The molecule has 0 spiro atoms. The van der Waals surface area contributed by atoms with Gasteiger partial charge in [-0.3, -0.25) is 4.79 Å². The van der Waals surface area contributed by atoms with Crippen LogP contribution in [0, 0.1) is 0 Å². The fraction of sp³-hybridized carbons (Fsp3) is 0.429. The van der Waals surface area contributed by atoms with E-state index in [0.29, 0.717) is 5.56 Å². The largest absolute Gasteiger partial charge is 0.416 e. The summed E-state index contributed by atoms with van der Waals surface area (Å²) in [6.07, 6.45) is -3.02. The number of carbonyl (C=O) groups is 1. The molecule has 0 radical (unpaired) electrons. The Hall–Kier alpha value is -2.66. The van der Waals surface area contributed by atoms with Crippen LogP contribution in [-0.4, -0.2) is 67.8 Å². The molecular formula is C21H25F3N4O3S. The molecule has 7 nitrogen and oxygen atoms in total. The number of rotatable bonds is 6. The van der Waals surface area contributed by atoms with E-state index >= 15 is 0 Å². The molecule has 174 valence electrons. The monoisotopic (exact) mass is 470 g/mol. The molecule has 2 aromatic rings. The zero-order chi connectivity index (χ0) is 23.5. The summed E-state index contributed by atoms with van der Waals surface area (Å²) in [6.45, 7) is 6.09. The highest BCUT2D eigenvalue weighted by Gasteiger charge is 2.33. The Morgan fingerprint density at radius 3 is 2.06 bits per heavy atom. The van der Waals surface area contributed by atoms with E-state index in [2.05, 4.69) is 9.88 Å². The second-order valence-corrected chi connectivity index (χ2v) is 9.23. The molecule has 3 rings (SSSR count). The van der Waals surface area contributed by atoms with Crippen LogP contribution in [0.4, 0.5) is 19.0 Å². The van der Waals surface area contributed by atoms with Crippen molar-refractivity contribution in [2.75, 3.05) is 44.2 Å². The molecule has 11 heteroatoms. The molecule has 1 saturated heterocycles. The Morgan fingerprint density at radius 2 is 1.59 bits per heavy atom. The lowest BCUT2D eigenvalue weighted by Gasteiger charge is -2.34. The summed E-state index contributed by atoms with van der Waals surface area (Å²) >= 11 is 0. The number of amides is 1. The highest BCUT2D eigenvalue weighted by atomic mass is 32.2. The second-order valence-electron chi connectivity index (χ2n) is 7.30. The minimum absolute atomic E-state index is 0.0556. The molecule has 1 aliphatic rings. The maximum absolute atomic E-state index is 12.8. The molecule has 1 amide bonds. The van der Waals surface area contributed by atoms with Gasteiger partial charge in [-0.05, 0) is 50.2 Å². The van der Waals surface area contributed by atoms with Crippen molar-refractivity contribution in [2.45, 2.75) is 24.9 Å². The van der Waals surface area contributed by atoms with Gasteiger partial charge in [-0.1, -0.05) is 0 Å². The third-order valence-corrected chi connectivity index (χ3v) is 7.34. The molecule has 1 aliphatic heterocycles. The maximum Gasteiger partial charge on any atom is 0.416 e. The van der Waals surface area contributed by atoms with Gasteiger partial charge in [0.1, 0.15) is 5.82 Å². The fourth-order valence-corrected chi connectivity index (χ4v) is 4.95. The summed E-state index contributed by atoms with van der Waals surface area (Å²) in [6, 6.07) is 6.90. The number of alkyl halides is 3. The molecule has 2 heterocycles. The predicted octanol–water partition coefficient (Wildman–Crippen LogP) is 3.09. The summed E-state index contributed by atoms with van der Waals surface area (Å²) in [7, 11) is -3.95. The van der Waals surface area contributed by atoms with Gasteiger partial charge in [0.05, 0.1) is 16.0 Å². The molecule has 1 aromatic heterocycles. The standard InChI is InChI=1S/C21H25F3N4O3S/c1-3-26(4-2)19-10-5-16(15-25-19)20(29)27-11-13-28(14-12-27)32(30,31)18-8-6-17(7-9-18)21(22,23)24/h5-10,15H,3-4,11-14H2,1-2H3. The molecule has 0 N–H and O–H groups in total. The molecule has 0 saturated carbocycles. The van der Waals surface area contributed by atoms with Crippen LogP contribution in [0.15, 0.2) is 47.5 Å². The lowest BCUT2D eigenvalue weighted by Crippen LogP contribution is -2.50. The first kappa shape index (κ1) is 24.0. The zero-order valence-electron chi connectivity index (χ0n) is 17.8. The lowest BCUT2D eigenvalue weighted by atomic mass is 10.2. The van der Waals surface area contributed by atoms with Crippen molar-refractivity contribution < 1.29 is 26.4 Å². The summed E-state index contributed by atoms with van der Waals surface area (Å²) < 4.78 is 64.9. The number of carbonyl (C=O) groups excluding carboxylic acids is 1. The highest BCUT2D eigenvalue weighted by Crippen LogP contribution is 2.30. The maximum atomic E-state index is 12.8. The lowest BCUT2D eigenvalue weighted by molar-refractivity contribution is -0.137. The van der Waals surface area contributed by atoms with Gasteiger partial charge in [-0.25, -0.2) is 13.4 Å². The molecule has 0 bridgehead atoms. The fourth-order valence-electron chi connectivity index (χ4n) is 3.53. The number of hydrogen-bond donors (Lipinski definition) is 0. The van der Waals surface area contributed by atoms with Gasteiger partial charge >= 0.3 is 6.18 Å². The quantitative estimate of drug-likeness (QED) is 0.649. The van der Waals surface area contributed by atoms with E-state index in [0.717, 1.165) is 43.2 Å². The van der Waals surface area contributed by atoms with Gasteiger partial charge < -0.3 is 9.80 Å². The summed E-state index contributed by atoms with van der Waals surface area (Å²) in [4.78, 5) is 20.5. The first-order valence-corrected chi connectivity index (χ1v) is 11.7. The van der Waals surface area contributed by atoms with Crippen molar-refractivity contribution >= 4 is 21.7 Å². The number of sulfonamides is 1. The van der Waals surface area contributed by atoms with E-state index in [9.17, 15) is 26.4 Å². The van der Waals surface area contributed by atoms with Crippen molar-refractivity contribution in [1.29, 1.82) is 0 Å². The van der Waals surface area contributed by atoms with Crippen molar-refractivity contribution in [2.24, 2.45) is 0 Å². The van der Waals surface area contributed by atoms with Crippen LogP contribution < -0.4 is 4.90 Å². The van der Waals surface area contributed by atoms with Gasteiger partial charge in [0.25, 0.3) is 5.91 Å². The molecule has 0 aliphatic carbocycles. The zero-order valence-corrected chi connectivity index (χ0v) is 18.7. The first-order valence-electron chi connectivity index (χ1n) is 10.3. The van der Waals surface area contributed by atoms with Crippen molar-refractivity contribution in [1.82, 2.24) is 14.2 Å². The first-order chi connectivity index (χ1) is 15.1. The van der Waals surface area contributed by atoms with Crippen LogP contribution in [0.5, 0.6) is 0 Å². The van der Waals surface area contributed by atoms with Gasteiger partial charge in [-0.15, -0.1) is 0 Å². The summed E-state index contributed by atoms with van der Waals surface area (Å²) in [5, 5.41) is 0. The van der Waals surface area contributed by atoms with Gasteiger partial charge in [0.2, 0.25) is 10.0 Å². The average molecular weight is 471 g/mol. The Morgan fingerprint density at radius 1 is 1.00 bits per heavy atom. The minimum Gasteiger partial charge on any atom is -0.357 e. The minimum atomic E-state index is -4.54. The number of anilines is 1. The Bertz CT molecular complexity index is 1030. The number of nitrogens with zero attached hydrogens (tertiary/aromatic N) is 4. The van der Waals surface area contributed by atoms with Crippen molar-refractivity contribution in [3.05, 3.63) is 53.7 Å². The van der Waals surface area contributed by atoms with Crippen LogP contribution in [0.3, 0.4) is 0 Å². The number of piperazine rings is 1. The molecule has 1 fully saturated rings. The van der Waals surface area contributed by atoms with E-state index in [1.807, 2.05) is 13.8 Å². The molecule has 0 atom stereocenters. The van der Waals surface area contributed by atoms with E-state index in [4.69, 9.17) is 0 Å².